The number of fused-ring (bicyclic) bond motifs is 1. The van der Waals surface area contributed by atoms with E-state index in [4.69, 9.17) is 4.74 Å². The molecule has 154 valence electrons. The Morgan fingerprint density at radius 3 is 2.67 bits per heavy atom. The second-order valence-electron chi connectivity index (χ2n) is 7.10. The molecule has 0 fully saturated rings. The third-order valence-corrected chi connectivity index (χ3v) is 5.69. The first kappa shape index (κ1) is 20.3. The van der Waals surface area contributed by atoms with Gasteiger partial charge in [0.1, 0.15) is 5.75 Å². The zero-order valence-corrected chi connectivity index (χ0v) is 18.4. The average Bonchev–Trinajstić information content (AvgIpc) is 3.18. The summed E-state index contributed by atoms with van der Waals surface area (Å²) in [5.74, 6) is 0.594. The minimum atomic E-state index is -0.434. The largest absolute Gasteiger partial charge is 0.494 e. The van der Waals surface area contributed by atoms with Crippen LogP contribution in [0.4, 0.5) is 0 Å². The first-order valence-corrected chi connectivity index (χ1v) is 10.7. The Hall–Kier alpha value is -2.93. The Morgan fingerprint density at radius 1 is 1.20 bits per heavy atom. The highest BCUT2D eigenvalue weighted by Gasteiger charge is 2.34. The summed E-state index contributed by atoms with van der Waals surface area (Å²) in [5, 5.41) is 6.93. The van der Waals surface area contributed by atoms with Gasteiger partial charge in [-0.2, -0.15) is 5.10 Å². The number of hydrogen-bond donors (Lipinski definition) is 1. The Morgan fingerprint density at radius 2 is 1.97 bits per heavy atom. The highest BCUT2D eigenvalue weighted by atomic mass is 79.9. The van der Waals surface area contributed by atoms with Gasteiger partial charge in [0.25, 0.3) is 5.56 Å². The molecule has 6 nitrogen and oxygen atoms in total. The van der Waals surface area contributed by atoms with E-state index in [-0.39, 0.29) is 11.5 Å². The molecule has 7 heteroatoms. The predicted octanol–water partition coefficient (Wildman–Crippen LogP) is 4.78. The second kappa shape index (κ2) is 8.44. The molecule has 30 heavy (non-hydrogen) atoms. The van der Waals surface area contributed by atoms with Gasteiger partial charge in [0.2, 0.25) is 5.91 Å². The summed E-state index contributed by atoms with van der Waals surface area (Å²) in [5.41, 5.74) is 2.75. The van der Waals surface area contributed by atoms with Crippen molar-refractivity contribution >= 4 is 38.5 Å². The van der Waals surface area contributed by atoms with Crippen molar-refractivity contribution in [2.24, 2.45) is 5.10 Å². The molecule has 1 atom stereocenters. The fourth-order valence-corrected chi connectivity index (χ4v) is 3.93. The van der Waals surface area contributed by atoms with Crippen molar-refractivity contribution in [1.29, 1.82) is 0 Å². The molecule has 2 aromatic carbocycles. The van der Waals surface area contributed by atoms with Crippen molar-refractivity contribution in [1.82, 2.24) is 9.99 Å². The van der Waals surface area contributed by atoms with Gasteiger partial charge < -0.3 is 9.72 Å². The monoisotopic (exact) mass is 467 g/mol. The molecule has 0 bridgehead atoms. The van der Waals surface area contributed by atoms with Crippen LogP contribution in [-0.4, -0.2) is 28.2 Å². The van der Waals surface area contributed by atoms with Crippen LogP contribution in [0.2, 0.25) is 0 Å². The maximum absolute atomic E-state index is 12.9. The molecule has 4 rings (SSSR count). The number of nitrogens with zero attached hydrogens (tertiary/aromatic N) is 2. The van der Waals surface area contributed by atoms with Crippen LogP contribution in [0.1, 0.15) is 43.9 Å². The first-order valence-electron chi connectivity index (χ1n) is 9.95. The number of hydrogen-bond acceptors (Lipinski definition) is 4. The summed E-state index contributed by atoms with van der Waals surface area (Å²) in [6.45, 7) is 4.27. The number of nitrogens with one attached hydrogen (secondary N) is 1. The molecule has 0 spiro atoms. The van der Waals surface area contributed by atoms with Gasteiger partial charge >= 0.3 is 0 Å². The van der Waals surface area contributed by atoms with Gasteiger partial charge in [0, 0.05) is 28.9 Å². The smallest absolute Gasteiger partial charge is 0.253 e. The summed E-state index contributed by atoms with van der Waals surface area (Å²) >= 11 is 3.44. The van der Waals surface area contributed by atoms with Crippen molar-refractivity contribution in [2.45, 2.75) is 32.7 Å². The number of amides is 1. The van der Waals surface area contributed by atoms with Crippen LogP contribution < -0.4 is 10.3 Å². The first-order chi connectivity index (χ1) is 14.5. The van der Waals surface area contributed by atoms with Gasteiger partial charge in [-0.3, -0.25) is 9.59 Å². The number of halogens is 1. The molecule has 0 saturated heterocycles. The number of H-pyrrole nitrogens is 1. The molecule has 2 heterocycles. The summed E-state index contributed by atoms with van der Waals surface area (Å²) < 4.78 is 6.49. The maximum Gasteiger partial charge on any atom is 0.253 e. The van der Waals surface area contributed by atoms with E-state index in [9.17, 15) is 9.59 Å². The van der Waals surface area contributed by atoms with Crippen molar-refractivity contribution in [2.75, 3.05) is 6.61 Å². The topological polar surface area (TPSA) is 74.8 Å². The lowest BCUT2D eigenvalue weighted by molar-refractivity contribution is -0.132. The van der Waals surface area contributed by atoms with E-state index in [2.05, 4.69) is 26.0 Å². The van der Waals surface area contributed by atoms with Crippen LogP contribution in [0.25, 0.3) is 10.9 Å². The highest BCUT2D eigenvalue weighted by molar-refractivity contribution is 9.10. The van der Waals surface area contributed by atoms with Gasteiger partial charge in [-0.15, -0.1) is 0 Å². The van der Waals surface area contributed by atoms with Crippen LogP contribution in [0.15, 0.2) is 62.9 Å². The number of benzene rings is 2. The molecule has 0 aliphatic carbocycles. The number of hydrazone groups is 1. The summed E-state index contributed by atoms with van der Waals surface area (Å²) in [7, 11) is 0. The molecule has 0 saturated carbocycles. The van der Waals surface area contributed by atoms with E-state index in [1.165, 1.54) is 5.01 Å². The zero-order chi connectivity index (χ0) is 21.3. The number of aromatic amines is 1. The fraction of sp³-hybridized carbons (Fsp3) is 0.261. The summed E-state index contributed by atoms with van der Waals surface area (Å²) in [6.07, 6.45) is 0.801. The summed E-state index contributed by atoms with van der Waals surface area (Å²) in [6, 6.07) is 14.8. The Kier molecular flexibility index (Phi) is 5.72. The quantitative estimate of drug-likeness (QED) is 0.586. The predicted molar refractivity (Wildman–Crippen MR) is 121 cm³/mol. The highest BCUT2D eigenvalue weighted by Crippen LogP contribution is 2.33. The van der Waals surface area contributed by atoms with Crippen LogP contribution in [0.3, 0.4) is 0 Å². The number of aromatic nitrogens is 1. The third kappa shape index (κ3) is 3.89. The van der Waals surface area contributed by atoms with Crippen molar-refractivity contribution in [3.05, 3.63) is 74.5 Å². The third-order valence-electron chi connectivity index (χ3n) is 5.16. The molecule has 1 aliphatic rings. The Balaban J connectivity index is 1.74. The SMILES string of the molecule is CCOc1ccc2cc([C@H]3CC(c4ccc(Br)cc4)=NN3C(=O)CC)c(=O)[nH]c2c1. The molecule has 0 unspecified atom stereocenters. The van der Waals surface area contributed by atoms with Gasteiger partial charge in [0.05, 0.1) is 23.9 Å². The van der Waals surface area contributed by atoms with Crippen LogP contribution in [0, 0.1) is 0 Å². The van der Waals surface area contributed by atoms with Crippen molar-refractivity contribution < 1.29 is 9.53 Å². The van der Waals surface area contributed by atoms with Crippen LogP contribution >= 0.6 is 15.9 Å². The lowest BCUT2D eigenvalue weighted by atomic mass is 9.98. The van der Waals surface area contributed by atoms with Crippen LogP contribution in [-0.2, 0) is 4.79 Å². The zero-order valence-electron chi connectivity index (χ0n) is 16.8. The van der Waals surface area contributed by atoms with Crippen LogP contribution in [0.5, 0.6) is 5.75 Å². The fourth-order valence-electron chi connectivity index (χ4n) is 3.66. The van der Waals surface area contributed by atoms with Crippen molar-refractivity contribution in [3.63, 3.8) is 0 Å². The maximum atomic E-state index is 12.9. The Bertz CT molecular complexity index is 1180. The van der Waals surface area contributed by atoms with E-state index >= 15 is 0 Å². The van der Waals surface area contributed by atoms with Gasteiger partial charge in [-0.1, -0.05) is 35.0 Å². The van der Waals surface area contributed by atoms with Gasteiger partial charge in [-0.05, 0) is 48.2 Å². The molecule has 0 radical (unpaired) electrons. The Labute approximate surface area is 182 Å². The summed E-state index contributed by atoms with van der Waals surface area (Å²) in [4.78, 5) is 28.5. The molecule has 3 aromatic rings. The molecule has 1 aromatic heterocycles. The van der Waals surface area contributed by atoms with E-state index in [0.29, 0.717) is 36.3 Å². The number of rotatable bonds is 5. The van der Waals surface area contributed by atoms with E-state index in [1.54, 1.807) is 6.92 Å². The lowest BCUT2D eigenvalue weighted by Gasteiger charge is -2.21. The van der Waals surface area contributed by atoms with E-state index in [1.807, 2.05) is 55.5 Å². The van der Waals surface area contributed by atoms with E-state index < -0.39 is 6.04 Å². The number of carbonyl (C=O) groups excluding carboxylic acids is 1. The van der Waals surface area contributed by atoms with Crippen molar-refractivity contribution in [3.8, 4) is 5.75 Å². The molecule has 1 aliphatic heterocycles. The lowest BCUT2D eigenvalue weighted by Crippen LogP contribution is -2.30. The minimum absolute atomic E-state index is 0.113. The van der Waals surface area contributed by atoms with Gasteiger partial charge in [0.15, 0.2) is 0 Å². The van der Waals surface area contributed by atoms with E-state index in [0.717, 1.165) is 21.1 Å². The second-order valence-corrected chi connectivity index (χ2v) is 8.02. The van der Waals surface area contributed by atoms with Gasteiger partial charge in [-0.25, -0.2) is 5.01 Å². The number of ether oxygens (including phenoxy) is 1. The molecular weight excluding hydrogens is 446 g/mol. The minimum Gasteiger partial charge on any atom is -0.494 e. The normalized spacial score (nSPS) is 16.0. The standard InChI is InChI=1S/C23H22BrN3O3/c1-3-22(28)27-21(13-20(26-27)14-5-8-16(24)9-6-14)18-11-15-7-10-17(30-4-2)12-19(15)25-23(18)29/h5-12,21H,3-4,13H2,1-2H3,(H,25,29)/t21-/m1/s1. The average molecular weight is 468 g/mol. The number of carbonyl (C=O) groups is 1. The molecule has 1 amide bonds. The number of pyridine rings is 1. The molecular formula is C23H22BrN3O3. The molecule has 1 N–H and O–H groups in total.